The highest BCUT2D eigenvalue weighted by Gasteiger charge is 2.34. The molecule has 12 nitrogen and oxygen atoms in total. The standard InChI is InChI=1S/C37H39N5O7/c1-22-29(23(2)40-37(46)39-22)12-14-35(44)42-16-15-33-31(20-42)41-36(45)26-9-13-32(47-3)30(18-26)25-5-4-6-28(17-25)48-21-34(43)38-19-24-7-10-27(49-33)11-8-24/h4-11,13,17-18,31,33H,12,14-16,19-21H2,1-3H3,(H,38,43)(H,41,45)(H,39,40,46)/t31-,33-/m1/s1. The Morgan fingerprint density at radius 2 is 1.82 bits per heavy atom. The van der Waals surface area contributed by atoms with Crippen molar-refractivity contribution in [2.45, 2.75) is 51.8 Å². The monoisotopic (exact) mass is 665 g/mol. The molecule has 49 heavy (non-hydrogen) atoms. The Labute approximate surface area is 283 Å². The highest BCUT2D eigenvalue weighted by molar-refractivity contribution is 5.96. The second kappa shape index (κ2) is 14.6. The summed E-state index contributed by atoms with van der Waals surface area (Å²) >= 11 is 0. The summed E-state index contributed by atoms with van der Waals surface area (Å²) in [5.41, 5.74) is 4.45. The van der Waals surface area contributed by atoms with E-state index in [9.17, 15) is 19.2 Å². The van der Waals surface area contributed by atoms with Crippen molar-refractivity contribution in [1.29, 1.82) is 0 Å². The summed E-state index contributed by atoms with van der Waals surface area (Å²) in [5, 5.41) is 6.03. The van der Waals surface area contributed by atoms with Crippen LogP contribution in [0.4, 0.5) is 0 Å². The number of rotatable bonds is 4. The second-order valence-electron chi connectivity index (χ2n) is 12.2. The number of piperidine rings is 1. The maximum atomic E-state index is 13.9. The van der Waals surface area contributed by atoms with Crippen molar-refractivity contribution in [3.63, 3.8) is 0 Å². The molecule has 0 radical (unpaired) electrons. The van der Waals surface area contributed by atoms with Gasteiger partial charge in [0, 0.05) is 55.0 Å². The van der Waals surface area contributed by atoms with Crippen molar-refractivity contribution in [2.75, 3.05) is 26.8 Å². The van der Waals surface area contributed by atoms with Gasteiger partial charge in [-0.05, 0) is 79.4 Å². The number of hydrogen-bond donors (Lipinski definition) is 3. The minimum Gasteiger partial charge on any atom is -0.496 e. The van der Waals surface area contributed by atoms with Crippen molar-refractivity contribution < 1.29 is 28.6 Å². The van der Waals surface area contributed by atoms with E-state index in [4.69, 9.17) is 14.2 Å². The van der Waals surface area contributed by atoms with E-state index in [0.29, 0.717) is 65.7 Å². The summed E-state index contributed by atoms with van der Waals surface area (Å²) in [6.07, 6.45) is 0.738. The Bertz CT molecular complexity index is 1900. The van der Waals surface area contributed by atoms with E-state index in [1.807, 2.05) is 36.4 Å². The zero-order chi connectivity index (χ0) is 34.5. The molecule has 254 valence electrons. The molecule has 3 N–H and O–H groups in total. The van der Waals surface area contributed by atoms with Crippen LogP contribution in [0, 0.1) is 13.8 Å². The first-order valence-corrected chi connectivity index (χ1v) is 16.3. The Morgan fingerprint density at radius 1 is 1.00 bits per heavy atom. The number of amides is 3. The number of ether oxygens (including phenoxy) is 3. The SMILES string of the molecule is COc1ccc2cc1-c1cccc(c1)OCC(=O)NCc1ccc(cc1)O[C@@H]1CCN(C(=O)CCc3c(C)nc(=O)[nH]c3C)C[C@H]1NC2=O. The fourth-order valence-corrected chi connectivity index (χ4v) is 6.29. The van der Waals surface area contributed by atoms with Gasteiger partial charge in [0.05, 0.1) is 13.2 Å². The third-order valence-electron chi connectivity index (χ3n) is 8.94. The maximum Gasteiger partial charge on any atom is 0.345 e. The van der Waals surface area contributed by atoms with Crippen LogP contribution in [-0.4, -0.2) is 71.5 Å². The lowest BCUT2D eigenvalue weighted by Crippen LogP contribution is -2.58. The Kier molecular flexibility index (Phi) is 9.93. The number of fused-ring (bicyclic) bond motifs is 7. The number of carbonyl (C=O) groups is 3. The average molecular weight is 666 g/mol. The van der Waals surface area contributed by atoms with Gasteiger partial charge in [0.1, 0.15) is 23.4 Å². The molecule has 1 aromatic heterocycles. The lowest BCUT2D eigenvalue weighted by atomic mass is 9.98. The first-order valence-electron chi connectivity index (χ1n) is 16.3. The van der Waals surface area contributed by atoms with Crippen molar-refractivity contribution >= 4 is 17.7 Å². The van der Waals surface area contributed by atoms with E-state index < -0.39 is 17.8 Å². The van der Waals surface area contributed by atoms with Gasteiger partial charge in [-0.2, -0.15) is 4.98 Å². The van der Waals surface area contributed by atoms with E-state index in [1.54, 1.807) is 56.2 Å². The molecule has 0 aliphatic carbocycles. The number of likely N-dealkylation sites (tertiary alicyclic amines) is 1. The number of aromatic nitrogens is 2. The minimum absolute atomic E-state index is 0.0654. The molecule has 7 rings (SSSR count). The smallest absolute Gasteiger partial charge is 0.345 e. The molecule has 0 saturated carbocycles. The van der Waals surface area contributed by atoms with Crippen LogP contribution < -0.4 is 30.5 Å². The van der Waals surface area contributed by atoms with E-state index in [2.05, 4.69) is 20.6 Å². The number of methoxy groups -OCH3 is 1. The van der Waals surface area contributed by atoms with Gasteiger partial charge in [-0.3, -0.25) is 14.4 Å². The summed E-state index contributed by atoms with van der Waals surface area (Å²) in [6.45, 7) is 4.44. The quantitative estimate of drug-likeness (QED) is 0.300. The highest BCUT2D eigenvalue weighted by atomic mass is 16.5. The van der Waals surface area contributed by atoms with Crippen molar-refractivity contribution in [3.05, 3.63) is 105 Å². The van der Waals surface area contributed by atoms with Gasteiger partial charge in [0.15, 0.2) is 6.61 Å². The van der Waals surface area contributed by atoms with Gasteiger partial charge in [0.2, 0.25) is 5.91 Å². The molecule has 4 aromatic rings. The molecular formula is C37H39N5O7. The molecule has 12 heteroatoms. The predicted octanol–water partition coefficient (Wildman–Crippen LogP) is 3.48. The number of aromatic amines is 1. The first kappa shape index (κ1) is 33.3. The highest BCUT2D eigenvalue weighted by Crippen LogP contribution is 2.33. The van der Waals surface area contributed by atoms with Gasteiger partial charge >= 0.3 is 5.69 Å². The molecule has 1 saturated heterocycles. The van der Waals surface area contributed by atoms with Crippen LogP contribution in [-0.2, 0) is 22.6 Å². The molecule has 0 spiro atoms. The Balaban J connectivity index is 1.28. The van der Waals surface area contributed by atoms with Gasteiger partial charge in [0.25, 0.3) is 11.8 Å². The molecule has 4 heterocycles. The summed E-state index contributed by atoms with van der Waals surface area (Å²) in [7, 11) is 1.56. The molecule has 3 amide bonds. The van der Waals surface area contributed by atoms with Gasteiger partial charge in [-0.25, -0.2) is 4.79 Å². The zero-order valence-electron chi connectivity index (χ0n) is 27.7. The van der Waals surface area contributed by atoms with Crippen LogP contribution in [0.1, 0.15) is 45.7 Å². The molecule has 0 unspecified atom stereocenters. The number of benzene rings is 3. The fraction of sp³-hybridized carbons (Fsp3) is 0.324. The second-order valence-corrected chi connectivity index (χ2v) is 12.2. The van der Waals surface area contributed by atoms with Crippen LogP contribution in [0.15, 0.2) is 71.5 Å². The van der Waals surface area contributed by atoms with Crippen molar-refractivity contribution in [2.24, 2.45) is 0 Å². The van der Waals surface area contributed by atoms with Gasteiger partial charge in [-0.1, -0.05) is 24.3 Å². The van der Waals surface area contributed by atoms with Crippen molar-refractivity contribution in [3.8, 4) is 28.4 Å². The molecule has 1 fully saturated rings. The van der Waals surface area contributed by atoms with Crippen LogP contribution in [0.5, 0.6) is 17.2 Å². The molecule has 3 aromatic carbocycles. The van der Waals surface area contributed by atoms with Crippen LogP contribution in [0.25, 0.3) is 11.1 Å². The van der Waals surface area contributed by atoms with E-state index in [1.165, 1.54) is 0 Å². The van der Waals surface area contributed by atoms with Crippen LogP contribution >= 0.6 is 0 Å². The van der Waals surface area contributed by atoms with Crippen LogP contribution in [0.3, 0.4) is 0 Å². The van der Waals surface area contributed by atoms with Crippen molar-refractivity contribution in [1.82, 2.24) is 25.5 Å². The van der Waals surface area contributed by atoms with E-state index in [0.717, 1.165) is 16.7 Å². The Morgan fingerprint density at radius 3 is 2.59 bits per heavy atom. The number of nitrogens with one attached hydrogen (secondary N) is 3. The fourth-order valence-electron chi connectivity index (χ4n) is 6.29. The predicted molar refractivity (Wildman–Crippen MR) is 182 cm³/mol. The third kappa shape index (κ3) is 7.91. The van der Waals surface area contributed by atoms with Gasteiger partial charge in [-0.15, -0.1) is 0 Å². The summed E-state index contributed by atoms with van der Waals surface area (Å²) in [4.78, 5) is 60.1. The molecule has 3 aliphatic rings. The number of H-pyrrole nitrogens is 1. The molecule has 2 atom stereocenters. The minimum atomic E-state index is -0.518. The average Bonchev–Trinajstić information content (AvgIpc) is 3.10. The lowest BCUT2D eigenvalue weighted by Gasteiger charge is -2.39. The first-order chi connectivity index (χ1) is 23.7. The third-order valence-corrected chi connectivity index (χ3v) is 8.94. The molecule has 6 bridgehead atoms. The maximum absolute atomic E-state index is 13.9. The summed E-state index contributed by atoms with van der Waals surface area (Å²) in [5.74, 6) is 1.02. The normalized spacial score (nSPS) is 17.9. The number of carbonyl (C=O) groups excluding carboxylic acids is 3. The number of hydrogen-bond acceptors (Lipinski definition) is 8. The van der Waals surface area contributed by atoms with Crippen LogP contribution in [0.2, 0.25) is 0 Å². The summed E-state index contributed by atoms with van der Waals surface area (Å²) < 4.78 is 17.8. The lowest BCUT2D eigenvalue weighted by molar-refractivity contribution is -0.133. The van der Waals surface area contributed by atoms with Gasteiger partial charge < -0.3 is 34.7 Å². The van der Waals surface area contributed by atoms with E-state index in [-0.39, 0.29) is 37.3 Å². The molecule has 3 aliphatic heterocycles. The Hall–Kier alpha value is -5.65. The zero-order valence-corrected chi connectivity index (χ0v) is 27.7. The molecular weight excluding hydrogens is 626 g/mol. The number of nitrogens with zero attached hydrogens (tertiary/aromatic N) is 2. The topological polar surface area (TPSA) is 152 Å². The summed E-state index contributed by atoms with van der Waals surface area (Å²) in [6, 6.07) is 19.3. The number of aryl methyl sites for hydroxylation is 2. The largest absolute Gasteiger partial charge is 0.496 e. The van der Waals surface area contributed by atoms with E-state index >= 15 is 0 Å².